The van der Waals surface area contributed by atoms with E-state index < -0.39 is 29.6 Å². The van der Waals surface area contributed by atoms with Crippen LogP contribution in [0.15, 0.2) is 12.1 Å². The Bertz CT molecular complexity index is 400. The molecule has 1 aromatic rings. The van der Waals surface area contributed by atoms with E-state index in [1.54, 1.807) is 0 Å². The number of ether oxygens (including phenoxy) is 1. The highest BCUT2D eigenvalue weighted by atomic mass is 19.2. The molecule has 0 radical (unpaired) electrons. The van der Waals surface area contributed by atoms with E-state index in [4.69, 9.17) is 4.74 Å². The first kappa shape index (κ1) is 11.2. The molecule has 1 heterocycles. The van der Waals surface area contributed by atoms with E-state index in [2.05, 4.69) is 5.32 Å². The van der Waals surface area contributed by atoms with Crippen molar-refractivity contribution in [1.82, 2.24) is 0 Å². The predicted octanol–water partition coefficient (Wildman–Crippen LogP) is 1.28. The van der Waals surface area contributed by atoms with Crippen LogP contribution in [0.5, 0.6) is 0 Å². The third-order valence-electron chi connectivity index (χ3n) is 2.43. The minimum absolute atomic E-state index is 0.142. The van der Waals surface area contributed by atoms with Crippen LogP contribution in [-0.2, 0) is 4.74 Å². The second kappa shape index (κ2) is 4.31. The number of halogens is 3. The van der Waals surface area contributed by atoms with Gasteiger partial charge in [-0.2, -0.15) is 0 Å². The van der Waals surface area contributed by atoms with Crippen molar-refractivity contribution in [3.63, 3.8) is 0 Å². The summed E-state index contributed by atoms with van der Waals surface area (Å²) < 4.78 is 43.7. The molecule has 2 rings (SSSR count). The van der Waals surface area contributed by atoms with Gasteiger partial charge in [-0.05, 0) is 12.1 Å². The van der Waals surface area contributed by atoms with E-state index in [0.29, 0.717) is 0 Å². The molecule has 16 heavy (non-hydrogen) atoms. The van der Waals surface area contributed by atoms with E-state index in [-0.39, 0.29) is 18.9 Å². The average Bonchev–Trinajstić information content (AvgIpc) is 2.65. The summed E-state index contributed by atoms with van der Waals surface area (Å²) in [4.78, 5) is 0. The smallest absolute Gasteiger partial charge is 0.196 e. The van der Waals surface area contributed by atoms with Gasteiger partial charge in [0.1, 0.15) is 0 Å². The largest absolute Gasteiger partial charge is 0.388 e. The molecule has 1 fully saturated rings. The maximum absolute atomic E-state index is 13.2. The van der Waals surface area contributed by atoms with Crippen LogP contribution in [0.3, 0.4) is 0 Å². The molecule has 0 amide bonds. The molecule has 6 heteroatoms. The minimum atomic E-state index is -1.53. The van der Waals surface area contributed by atoms with Crippen molar-refractivity contribution in [1.29, 1.82) is 0 Å². The molecular weight excluding hydrogens is 223 g/mol. The fourth-order valence-corrected chi connectivity index (χ4v) is 1.52. The summed E-state index contributed by atoms with van der Waals surface area (Å²) in [6.45, 7) is 0.336. The SMILES string of the molecule is OC1COCC1Nc1ccc(F)c(F)c1F. The monoisotopic (exact) mass is 233 g/mol. The number of aliphatic hydroxyl groups excluding tert-OH is 1. The average molecular weight is 233 g/mol. The standard InChI is InChI=1S/C10H10F3NO2/c11-5-1-2-6(10(13)9(5)12)14-7-3-16-4-8(7)15/h1-2,7-8,14-15H,3-4H2. The van der Waals surface area contributed by atoms with E-state index >= 15 is 0 Å². The van der Waals surface area contributed by atoms with Gasteiger partial charge >= 0.3 is 0 Å². The molecule has 1 aliphatic heterocycles. The van der Waals surface area contributed by atoms with Gasteiger partial charge in [0.2, 0.25) is 0 Å². The third-order valence-corrected chi connectivity index (χ3v) is 2.43. The Hall–Kier alpha value is -1.27. The highest BCUT2D eigenvalue weighted by Crippen LogP contribution is 2.22. The van der Waals surface area contributed by atoms with Crippen LogP contribution >= 0.6 is 0 Å². The fraction of sp³-hybridized carbons (Fsp3) is 0.400. The molecule has 1 aliphatic rings. The van der Waals surface area contributed by atoms with Crippen LogP contribution in [0.25, 0.3) is 0 Å². The quantitative estimate of drug-likeness (QED) is 0.756. The summed E-state index contributed by atoms with van der Waals surface area (Å²) in [5.41, 5.74) is -0.187. The Morgan fingerprint density at radius 1 is 1.19 bits per heavy atom. The molecule has 0 aromatic heterocycles. The fourth-order valence-electron chi connectivity index (χ4n) is 1.52. The number of benzene rings is 1. The molecule has 2 unspecified atom stereocenters. The van der Waals surface area contributed by atoms with Crippen LogP contribution in [0, 0.1) is 17.5 Å². The normalized spacial score (nSPS) is 24.8. The van der Waals surface area contributed by atoms with Gasteiger partial charge in [0.05, 0.1) is 31.0 Å². The molecule has 0 saturated carbocycles. The maximum Gasteiger partial charge on any atom is 0.196 e. The molecule has 0 bridgehead atoms. The van der Waals surface area contributed by atoms with Gasteiger partial charge in [0.15, 0.2) is 17.5 Å². The lowest BCUT2D eigenvalue weighted by Gasteiger charge is -2.16. The highest BCUT2D eigenvalue weighted by Gasteiger charge is 2.27. The second-order valence-corrected chi connectivity index (χ2v) is 3.58. The molecular formula is C10H10F3NO2. The van der Waals surface area contributed by atoms with Crippen molar-refractivity contribution in [2.75, 3.05) is 18.5 Å². The van der Waals surface area contributed by atoms with Crippen LogP contribution < -0.4 is 5.32 Å². The molecule has 2 N–H and O–H groups in total. The van der Waals surface area contributed by atoms with Crippen LogP contribution in [-0.4, -0.2) is 30.5 Å². The van der Waals surface area contributed by atoms with Gasteiger partial charge in [0.25, 0.3) is 0 Å². The predicted molar refractivity (Wildman–Crippen MR) is 50.6 cm³/mol. The number of nitrogens with one attached hydrogen (secondary N) is 1. The number of hydrogen-bond donors (Lipinski definition) is 2. The molecule has 1 aromatic carbocycles. The van der Waals surface area contributed by atoms with Gasteiger partial charge in [0, 0.05) is 0 Å². The van der Waals surface area contributed by atoms with Crippen molar-refractivity contribution in [2.45, 2.75) is 12.1 Å². The van der Waals surface area contributed by atoms with Gasteiger partial charge in [-0.25, -0.2) is 13.2 Å². The molecule has 1 saturated heterocycles. The Labute approximate surface area is 89.8 Å². The topological polar surface area (TPSA) is 41.5 Å². The molecule has 3 nitrogen and oxygen atoms in total. The highest BCUT2D eigenvalue weighted by molar-refractivity contribution is 5.46. The number of hydrogen-bond acceptors (Lipinski definition) is 3. The molecule has 88 valence electrons. The number of anilines is 1. The van der Waals surface area contributed by atoms with Gasteiger partial charge in [-0.3, -0.25) is 0 Å². The van der Waals surface area contributed by atoms with Crippen LogP contribution in [0.2, 0.25) is 0 Å². The minimum Gasteiger partial charge on any atom is -0.388 e. The first-order valence-corrected chi connectivity index (χ1v) is 4.75. The lowest BCUT2D eigenvalue weighted by molar-refractivity contribution is 0.125. The second-order valence-electron chi connectivity index (χ2n) is 3.58. The van der Waals surface area contributed by atoms with Gasteiger partial charge in [-0.1, -0.05) is 0 Å². The van der Waals surface area contributed by atoms with Crippen molar-refractivity contribution < 1.29 is 23.0 Å². The Kier molecular flexibility index (Phi) is 3.02. The van der Waals surface area contributed by atoms with Gasteiger partial charge in [-0.15, -0.1) is 0 Å². The van der Waals surface area contributed by atoms with Gasteiger partial charge < -0.3 is 15.2 Å². The lowest BCUT2D eigenvalue weighted by Crippen LogP contribution is -2.32. The zero-order valence-electron chi connectivity index (χ0n) is 8.21. The molecule has 0 spiro atoms. The zero-order valence-corrected chi connectivity index (χ0v) is 8.21. The van der Waals surface area contributed by atoms with E-state index in [1.807, 2.05) is 0 Å². The number of aliphatic hydroxyl groups is 1. The summed E-state index contributed by atoms with van der Waals surface area (Å²) in [7, 11) is 0. The Balaban J connectivity index is 2.18. The Morgan fingerprint density at radius 2 is 1.94 bits per heavy atom. The van der Waals surface area contributed by atoms with Crippen LogP contribution in [0.1, 0.15) is 0 Å². The van der Waals surface area contributed by atoms with Crippen LogP contribution in [0.4, 0.5) is 18.9 Å². The summed E-state index contributed by atoms with van der Waals surface area (Å²) >= 11 is 0. The number of rotatable bonds is 2. The zero-order chi connectivity index (χ0) is 11.7. The third kappa shape index (κ3) is 1.98. The van der Waals surface area contributed by atoms with Crippen molar-refractivity contribution in [3.8, 4) is 0 Å². The lowest BCUT2D eigenvalue weighted by atomic mass is 10.2. The first-order chi connectivity index (χ1) is 7.59. The molecule has 0 aliphatic carbocycles. The van der Waals surface area contributed by atoms with E-state index in [9.17, 15) is 18.3 Å². The summed E-state index contributed by atoms with van der Waals surface area (Å²) in [6.07, 6.45) is -0.785. The summed E-state index contributed by atoms with van der Waals surface area (Å²) in [5.74, 6) is -4.07. The van der Waals surface area contributed by atoms with Crippen molar-refractivity contribution in [3.05, 3.63) is 29.6 Å². The first-order valence-electron chi connectivity index (χ1n) is 4.75. The van der Waals surface area contributed by atoms with E-state index in [1.165, 1.54) is 0 Å². The van der Waals surface area contributed by atoms with E-state index in [0.717, 1.165) is 12.1 Å². The molecule has 2 atom stereocenters. The summed E-state index contributed by atoms with van der Waals surface area (Å²) in [5, 5.41) is 12.0. The Morgan fingerprint density at radius 3 is 2.56 bits per heavy atom. The van der Waals surface area contributed by atoms with Crippen molar-refractivity contribution >= 4 is 5.69 Å². The van der Waals surface area contributed by atoms with Crippen molar-refractivity contribution in [2.24, 2.45) is 0 Å². The maximum atomic E-state index is 13.2. The summed E-state index contributed by atoms with van der Waals surface area (Å²) in [6, 6.07) is 1.39.